The van der Waals surface area contributed by atoms with Crippen molar-refractivity contribution in [3.05, 3.63) is 47.8 Å². The van der Waals surface area contributed by atoms with Crippen molar-refractivity contribution in [2.24, 2.45) is 0 Å². The van der Waals surface area contributed by atoms with E-state index in [1.165, 1.54) is 12.1 Å². The van der Waals surface area contributed by atoms with E-state index in [1.807, 2.05) is 18.2 Å². The molecule has 104 valence electrons. The molecular formula is C15H14FNO3. The van der Waals surface area contributed by atoms with Gasteiger partial charge in [0.2, 0.25) is 0 Å². The molecule has 0 aliphatic carbocycles. The third kappa shape index (κ3) is 2.61. The van der Waals surface area contributed by atoms with Gasteiger partial charge >= 0.3 is 0 Å². The van der Waals surface area contributed by atoms with Crippen LogP contribution in [0.1, 0.15) is 5.56 Å². The summed E-state index contributed by atoms with van der Waals surface area (Å²) in [5.41, 5.74) is 1.61. The number of phenolic OH excluding ortho intramolecular Hbond substituents is 1. The average molecular weight is 275 g/mol. The molecule has 1 aliphatic heterocycles. The Labute approximate surface area is 115 Å². The van der Waals surface area contributed by atoms with Gasteiger partial charge in [0.15, 0.2) is 23.1 Å². The van der Waals surface area contributed by atoms with E-state index in [-0.39, 0.29) is 5.75 Å². The molecule has 20 heavy (non-hydrogen) atoms. The first-order valence-electron chi connectivity index (χ1n) is 6.33. The van der Waals surface area contributed by atoms with E-state index in [4.69, 9.17) is 14.6 Å². The van der Waals surface area contributed by atoms with Crippen molar-refractivity contribution in [2.75, 3.05) is 18.5 Å². The van der Waals surface area contributed by atoms with E-state index in [1.54, 1.807) is 6.07 Å². The third-order valence-corrected chi connectivity index (χ3v) is 3.05. The highest BCUT2D eigenvalue weighted by atomic mass is 19.1. The lowest BCUT2D eigenvalue weighted by molar-refractivity contribution is 0.171. The standard InChI is InChI=1S/C15H14FNO3/c16-12-8-11(2-3-13(12)18)17-9-10-1-4-14-15(7-10)20-6-5-19-14/h1-4,7-8,17-18H,5-6,9H2. The number of nitrogens with one attached hydrogen (secondary N) is 1. The highest BCUT2D eigenvalue weighted by molar-refractivity contribution is 5.49. The second-order valence-electron chi connectivity index (χ2n) is 4.50. The molecule has 0 radical (unpaired) electrons. The SMILES string of the molecule is Oc1ccc(NCc2ccc3c(c2)OCCO3)cc1F. The Morgan fingerprint density at radius 3 is 2.65 bits per heavy atom. The molecule has 0 spiro atoms. The zero-order chi connectivity index (χ0) is 13.9. The number of aromatic hydroxyl groups is 1. The molecule has 0 aromatic heterocycles. The fourth-order valence-corrected chi connectivity index (χ4v) is 2.02. The van der Waals surface area contributed by atoms with Crippen molar-refractivity contribution >= 4 is 5.69 Å². The lowest BCUT2D eigenvalue weighted by Crippen LogP contribution is -2.15. The van der Waals surface area contributed by atoms with Crippen LogP contribution in [0.4, 0.5) is 10.1 Å². The molecule has 0 amide bonds. The Morgan fingerprint density at radius 1 is 1.05 bits per heavy atom. The van der Waals surface area contributed by atoms with Gasteiger partial charge in [-0.15, -0.1) is 0 Å². The van der Waals surface area contributed by atoms with E-state index in [2.05, 4.69) is 5.32 Å². The maximum absolute atomic E-state index is 13.2. The van der Waals surface area contributed by atoms with Gasteiger partial charge in [0, 0.05) is 18.3 Å². The van der Waals surface area contributed by atoms with Crippen molar-refractivity contribution < 1.29 is 19.0 Å². The van der Waals surface area contributed by atoms with Crippen LogP contribution in [0.2, 0.25) is 0 Å². The van der Waals surface area contributed by atoms with Crippen LogP contribution >= 0.6 is 0 Å². The molecule has 0 saturated heterocycles. The molecule has 0 fully saturated rings. The molecule has 2 N–H and O–H groups in total. The minimum atomic E-state index is -0.642. The van der Waals surface area contributed by atoms with Gasteiger partial charge in [-0.1, -0.05) is 6.07 Å². The van der Waals surface area contributed by atoms with Gasteiger partial charge in [0.05, 0.1) is 0 Å². The van der Waals surface area contributed by atoms with Crippen molar-refractivity contribution in [1.29, 1.82) is 0 Å². The topological polar surface area (TPSA) is 50.7 Å². The predicted octanol–water partition coefficient (Wildman–Crippen LogP) is 2.91. The van der Waals surface area contributed by atoms with Crippen LogP contribution in [-0.4, -0.2) is 18.3 Å². The summed E-state index contributed by atoms with van der Waals surface area (Å²) < 4.78 is 24.2. The smallest absolute Gasteiger partial charge is 0.166 e. The third-order valence-electron chi connectivity index (χ3n) is 3.05. The van der Waals surface area contributed by atoms with Gasteiger partial charge in [0.25, 0.3) is 0 Å². The minimum Gasteiger partial charge on any atom is -0.505 e. The number of ether oxygens (including phenoxy) is 2. The molecule has 0 saturated carbocycles. The van der Waals surface area contributed by atoms with Crippen LogP contribution in [0.25, 0.3) is 0 Å². The van der Waals surface area contributed by atoms with E-state index in [0.29, 0.717) is 25.4 Å². The van der Waals surface area contributed by atoms with E-state index < -0.39 is 5.82 Å². The summed E-state index contributed by atoms with van der Waals surface area (Å²) in [6.45, 7) is 1.64. The summed E-state index contributed by atoms with van der Waals surface area (Å²) in [6.07, 6.45) is 0. The van der Waals surface area contributed by atoms with Crippen LogP contribution in [0.5, 0.6) is 17.2 Å². The Morgan fingerprint density at radius 2 is 1.85 bits per heavy atom. The number of hydrogen-bond acceptors (Lipinski definition) is 4. The summed E-state index contributed by atoms with van der Waals surface area (Å²) >= 11 is 0. The molecule has 5 heteroatoms. The van der Waals surface area contributed by atoms with E-state index in [0.717, 1.165) is 17.1 Å². The number of benzene rings is 2. The Bertz CT molecular complexity index is 631. The largest absolute Gasteiger partial charge is 0.505 e. The van der Waals surface area contributed by atoms with Crippen molar-refractivity contribution in [3.8, 4) is 17.2 Å². The summed E-state index contributed by atoms with van der Waals surface area (Å²) in [7, 11) is 0. The number of rotatable bonds is 3. The van der Waals surface area contributed by atoms with Crippen LogP contribution in [0.15, 0.2) is 36.4 Å². The molecule has 3 rings (SSSR count). The number of hydrogen-bond donors (Lipinski definition) is 2. The van der Waals surface area contributed by atoms with Crippen LogP contribution in [0.3, 0.4) is 0 Å². The highest BCUT2D eigenvalue weighted by Crippen LogP contribution is 2.31. The highest BCUT2D eigenvalue weighted by Gasteiger charge is 2.11. The fourth-order valence-electron chi connectivity index (χ4n) is 2.02. The summed E-state index contributed by atoms with van der Waals surface area (Å²) in [5, 5.41) is 12.2. The van der Waals surface area contributed by atoms with Crippen LogP contribution in [0, 0.1) is 5.82 Å². The van der Waals surface area contributed by atoms with Gasteiger partial charge in [-0.3, -0.25) is 0 Å². The van der Waals surface area contributed by atoms with E-state index >= 15 is 0 Å². The quantitative estimate of drug-likeness (QED) is 0.846. The molecule has 0 bridgehead atoms. The Balaban J connectivity index is 1.70. The summed E-state index contributed by atoms with van der Waals surface area (Å²) in [5.74, 6) is 0.482. The molecule has 2 aromatic carbocycles. The molecule has 1 heterocycles. The van der Waals surface area contributed by atoms with Gasteiger partial charge in [-0.25, -0.2) is 4.39 Å². The Kier molecular flexibility index (Phi) is 3.33. The lowest BCUT2D eigenvalue weighted by Gasteiger charge is -2.19. The van der Waals surface area contributed by atoms with Crippen LogP contribution in [-0.2, 0) is 6.54 Å². The maximum Gasteiger partial charge on any atom is 0.166 e. The zero-order valence-electron chi connectivity index (χ0n) is 10.7. The number of phenols is 1. The molecule has 2 aromatic rings. The predicted molar refractivity (Wildman–Crippen MR) is 72.8 cm³/mol. The zero-order valence-corrected chi connectivity index (χ0v) is 10.7. The minimum absolute atomic E-state index is 0.352. The van der Waals surface area contributed by atoms with Gasteiger partial charge in [-0.05, 0) is 29.8 Å². The molecule has 0 atom stereocenters. The number of fused-ring (bicyclic) bond motifs is 1. The average Bonchev–Trinajstić information content (AvgIpc) is 2.48. The molecule has 1 aliphatic rings. The first-order chi connectivity index (χ1) is 9.72. The molecular weight excluding hydrogens is 261 g/mol. The van der Waals surface area contributed by atoms with Gasteiger partial charge in [0.1, 0.15) is 13.2 Å². The van der Waals surface area contributed by atoms with Gasteiger partial charge in [-0.2, -0.15) is 0 Å². The first-order valence-corrected chi connectivity index (χ1v) is 6.33. The maximum atomic E-state index is 13.2. The van der Waals surface area contributed by atoms with E-state index in [9.17, 15) is 4.39 Å². The second kappa shape index (κ2) is 5.28. The molecule has 0 unspecified atom stereocenters. The molecule has 4 nitrogen and oxygen atoms in total. The fraction of sp³-hybridized carbons (Fsp3) is 0.200. The normalized spacial score (nSPS) is 13.1. The lowest BCUT2D eigenvalue weighted by atomic mass is 10.2. The Hall–Kier alpha value is -2.43. The van der Waals surface area contributed by atoms with Crippen molar-refractivity contribution in [1.82, 2.24) is 0 Å². The first kappa shape index (κ1) is 12.6. The van der Waals surface area contributed by atoms with Crippen molar-refractivity contribution in [3.63, 3.8) is 0 Å². The van der Waals surface area contributed by atoms with Crippen molar-refractivity contribution in [2.45, 2.75) is 6.54 Å². The monoisotopic (exact) mass is 275 g/mol. The summed E-state index contributed by atoms with van der Waals surface area (Å²) in [6, 6.07) is 9.89. The van der Waals surface area contributed by atoms with Crippen LogP contribution < -0.4 is 14.8 Å². The number of anilines is 1. The van der Waals surface area contributed by atoms with Gasteiger partial charge < -0.3 is 19.9 Å². The number of halogens is 1. The summed E-state index contributed by atoms with van der Waals surface area (Å²) in [4.78, 5) is 0. The second-order valence-corrected chi connectivity index (χ2v) is 4.50.